The van der Waals surface area contributed by atoms with Gasteiger partial charge in [0, 0.05) is 32.5 Å². The summed E-state index contributed by atoms with van der Waals surface area (Å²) in [6, 6.07) is 41.4. The molecule has 2 heterocycles. The summed E-state index contributed by atoms with van der Waals surface area (Å²) >= 11 is 22.5. The molecule has 0 aliphatic heterocycles. The fourth-order valence-electron chi connectivity index (χ4n) is 6.18. The number of aromatic amines is 2. The van der Waals surface area contributed by atoms with Crippen molar-refractivity contribution in [2.45, 2.75) is 13.8 Å². The van der Waals surface area contributed by atoms with Gasteiger partial charge in [-0.2, -0.15) is 0 Å². The Morgan fingerprint density at radius 1 is 0.569 bits per heavy atom. The molecule has 2 aromatic heterocycles. The second-order valence-corrected chi connectivity index (χ2v) is 15.2. The highest BCUT2D eigenvalue weighted by Crippen LogP contribution is 2.33. The van der Waals surface area contributed by atoms with Crippen molar-refractivity contribution in [2.75, 3.05) is 10.6 Å². The van der Waals surface area contributed by atoms with Crippen LogP contribution in [-0.2, 0) is 0 Å². The molecule has 8 nitrogen and oxygen atoms in total. The number of imidazole rings is 2. The number of aromatic nitrogens is 4. The van der Waals surface area contributed by atoms with Crippen LogP contribution in [0, 0.1) is 13.8 Å². The van der Waals surface area contributed by atoms with Gasteiger partial charge in [0.25, 0.3) is 11.8 Å². The molecule has 288 valence electrons. The average molecular weight is 889 g/mol. The number of nitrogens with zero attached hydrogens (tertiary/aromatic N) is 2. The molecule has 0 atom stereocenters. The van der Waals surface area contributed by atoms with E-state index in [4.69, 9.17) is 34.8 Å². The zero-order valence-corrected chi connectivity index (χ0v) is 34.9. The van der Waals surface area contributed by atoms with Crippen molar-refractivity contribution in [2.24, 2.45) is 0 Å². The van der Waals surface area contributed by atoms with Crippen molar-refractivity contribution < 1.29 is 9.59 Å². The molecule has 0 aliphatic rings. The molecule has 8 aromatic rings. The van der Waals surface area contributed by atoms with Crippen LogP contribution >= 0.6 is 50.7 Å². The lowest BCUT2D eigenvalue weighted by Crippen LogP contribution is -2.14. The van der Waals surface area contributed by atoms with Gasteiger partial charge >= 0.3 is 0 Å². The molecule has 0 bridgehead atoms. The molecule has 12 heteroatoms. The average Bonchev–Trinajstić information content (AvgIpc) is 3.93. The number of nitrogens with one attached hydrogen (secondary N) is 4. The zero-order valence-electron chi connectivity index (χ0n) is 31.1. The number of hydrogen-bond donors (Lipinski definition) is 4. The normalized spacial score (nSPS) is 10.7. The van der Waals surface area contributed by atoms with Crippen molar-refractivity contribution >= 4 is 73.9 Å². The smallest absolute Gasteiger partial charge is 0.257 e. The van der Waals surface area contributed by atoms with Gasteiger partial charge in [0.15, 0.2) is 0 Å². The monoisotopic (exact) mass is 886 g/mol. The molecular formula is C46H34BrCl3N6O2. The Hall–Kier alpha value is -5.97. The van der Waals surface area contributed by atoms with Crippen molar-refractivity contribution in [3.8, 4) is 45.3 Å². The third-order valence-corrected chi connectivity index (χ3v) is 11.1. The lowest BCUT2D eigenvalue weighted by molar-refractivity contribution is 0.101. The van der Waals surface area contributed by atoms with Gasteiger partial charge in [0.1, 0.15) is 11.6 Å². The number of carbonyl (C=O) groups is 2. The molecule has 0 spiro atoms. The number of anilines is 2. The van der Waals surface area contributed by atoms with E-state index in [1.54, 1.807) is 54.9 Å². The number of benzene rings is 6. The number of aryl methyl sites for hydroxylation is 1. The number of halogens is 4. The first-order valence-electron chi connectivity index (χ1n) is 18.0. The fraction of sp³-hybridized carbons (Fsp3) is 0.0435. The number of rotatable bonds is 8. The minimum atomic E-state index is -0.272. The van der Waals surface area contributed by atoms with Crippen molar-refractivity contribution in [1.82, 2.24) is 19.9 Å². The quantitative estimate of drug-likeness (QED) is 0.122. The summed E-state index contributed by atoms with van der Waals surface area (Å²) < 4.78 is 0.894. The summed E-state index contributed by atoms with van der Waals surface area (Å²) in [5, 5.41) is 7.33. The molecule has 8 rings (SSSR count). The van der Waals surface area contributed by atoms with E-state index in [0.717, 1.165) is 43.7 Å². The largest absolute Gasteiger partial charge is 0.338 e. The van der Waals surface area contributed by atoms with E-state index < -0.39 is 0 Å². The summed E-state index contributed by atoms with van der Waals surface area (Å²) in [5.41, 5.74) is 9.28. The van der Waals surface area contributed by atoms with Gasteiger partial charge in [-0.05, 0) is 90.7 Å². The van der Waals surface area contributed by atoms with E-state index in [9.17, 15) is 9.59 Å². The van der Waals surface area contributed by atoms with Crippen LogP contribution in [0.4, 0.5) is 11.4 Å². The molecule has 0 saturated heterocycles. The molecule has 4 N–H and O–H groups in total. The van der Waals surface area contributed by atoms with Gasteiger partial charge in [0.2, 0.25) is 0 Å². The van der Waals surface area contributed by atoms with Gasteiger partial charge in [-0.15, -0.1) is 0 Å². The Morgan fingerprint density at radius 3 is 1.59 bits per heavy atom. The molecular weight excluding hydrogens is 855 g/mol. The van der Waals surface area contributed by atoms with Gasteiger partial charge < -0.3 is 20.6 Å². The van der Waals surface area contributed by atoms with Crippen LogP contribution in [0.5, 0.6) is 0 Å². The van der Waals surface area contributed by atoms with Gasteiger partial charge in [-0.3, -0.25) is 9.59 Å². The molecule has 58 heavy (non-hydrogen) atoms. The summed E-state index contributed by atoms with van der Waals surface area (Å²) in [7, 11) is 0. The minimum absolute atomic E-state index is 0.179. The first kappa shape index (κ1) is 40.2. The Kier molecular flexibility index (Phi) is 12.5. The van der Waals surface area contributed by atoms with Crippen LogP contribution in [0.15, 0.2) is 150 Å². The van der Waals surface area contributed by atoms with E-state index in [1.807, 2.05) is 105 Å². The highest BCUT2D eigenvalue weighted by molar-refractivity contribution is 9.10. The molecule has 2 amide bonds. The first-order chi connectivity index (χ1) is 28.0. The highest BCUT2D eigenvalue weighted by atomic mass is 79.9. The molecule has 0 unspecified atom stereocenters. The molecule has 6 aromatic carbocycles. The molecule has 0 radical (unpaired) electrons. The van der Waals surface area contributed by atoms with Gasteiger partial charge in [-0.1, -0.05) is 130 Å². The van der Waals surface area contributed by atoms with Crippen LogP contribution < -0.4 is 10.6 Å². The zero-order chi connectivity index (χ0) is 40.8. The van der Waals surface area contributed by atoms with Gasteiger partial charge in [0.05, 0.1) is 44.4 Å². The fourth-order valence-corrected chi connectivity index (χ4v) is 7.27. The topological polar surface area (TPSA) is 116 Å². The second kappa shape index (κ2) is 18.1. The SMILES string of the molecule is Cc1c(Br)cccc1C(=O)Nc1ccc(Cl)c(-c2ncc(-c3ccccc3)[nH]2)c1.Cc1cccc(Cl)c1C(=O)Nc1ccc(Cl)c(-c2ncc(-c3ccccc3)[nH]2)c1. The lowest BCUT2D eigenvalue weighted by atomic mass is 10.1. The summed E-state index contributed by atoms with van der Waals surface area (Å²) in [6.45, 7) is 3.75. The standard InChI is InChI=1S/C23H17BrClN3O.C23H17Cl2N3O/c1-14-17(8-5-9-19(14)24)23(29)27-16-10-11-20(25)18(12-16)22-26-13-21(28-22)15-6-3-2-4-7-15;1-14-6-5-9-19(25)21(14)23(29)27-16-10-11-18(24)17(12-16)22-26-13-20(28-22)15-7-3-2-4-8-15/h2*2-13H,1H3,(H,26,28)(H,27,29). The number of hydrogen-bond acceptors (Lipinski definition) is 4. The van der Waals surface area contributed by atoms with Crippen LogP contribution in [-0.4, -0.2) is 31.8 Å². The third-order valence-electron chi connectivity index (χ3n) is 9.24. The maximum atomic E-state index is 12.7. The maximum Gasteiger partial charge on any atom is 0.257 e. The van der Waals surface area contributed by atoms with Crippen molar-refractivity contribution in [1.29, 1.82) is 0 Å². The lowest BCUT2D eigenvalue weighted by Gasteiger charge is -2.11. The first-order valence-corrected chi connectivity index (χ1v) is 19.9. The summed E-state index contributed by atoms with van der Waals surface area (Å²) in [4.78, 5) is 41.0. The van der Waals surface area contributed by atoms with Crippen molar-refractivity contribution in [3.63, 3.8) is 0 Å². The van der Waals surface area contributed by atoms with E-state index in [-0.39, 0.29) is 11.8 Å². The summed E-state index contributed by atoms with van der Waals surface area (Å²) in [5.74, 6) is 0.815. The van der Waals surface area contributed by atoms with Crippen LogP contribution in [0.25, 0.3) is 45.3 Å². The predicted molar refractivity (Wildman–Crippen MR) is 240 cm³/mol. The van der Waals surface area contributed by atoms with Gasteiger partial charge in [-0.25, -0.2) is 9.97 Å². The minimum Gasteiger partial charge on any atom is -0.338 e. The Labute approximate surface area is 358 Å². The molecule has 0 saturated carbocycles. The Balaban J connectivity index is 0.000000177. The number of carbonyl (C=O) groups excluding carboxylic acids is 2. The highest BCUT2D eigenvalue weighted by Gasteiger charge is 2.17. The van der Waals surface area contributed by atoms with Crippen LogP contribution in [0.2, 0.25) is 15.1 Å². The predicted octanol–water partition coefficient (Wildman–Crippen LogP) is 13.3. The van der Waals surface area contributed by atoms with Crippen LogP contribution in [0.3, 0.4) is 0 Å². The van der Waals surface area contributed by atoms with E-state index in [1.165, 1.54) is 0 Å². The van der Waals surface area contributed by atoms with E-state index >= 15 is 0 Å². The number of H-pyrrole nitrogens is 2. The van der Waals surface area contributed by atoms with E-state index in [2.05, 4.69) is 46.5 Å². The number of amides is 2. The molecule has 0 aliphatic carbocycles. The maximum absolute atomic E-state index is 12.7. The third kappa shape index (κ3) is 9.25. The van der Waals surface area contributed by atoms with E-state index in [0.29, 0.717) is 54.8 Å². The summed E-state index contributed by atoms with van der Waals surface area (Å²) in [6.07, 6.45) is 3.54. The molecule has 0 fully saturated rings. The second-order valence-electron chi connectivity index (χ2n) is 13.2. The Morgan fingerprint density at radius 2 is 1.07 bits per heavy atom. The van der Waals surface area contributed by atoms with Crippen LogP contribution in [0.1, 0.15) is 31.8 Å². The Bertz CT molecular complexity index is 2730. The van der Waals surface area contributed by atoms with Crippen molar-refractivity contribution in [3.05, 3.63) is 188 Å².